The third-order valence-corrected chi connectivity index (χ3v) is 7.40. The lowest BCUT2D eigenvalue weighted by Gasteiger charge is -2.15. The molecule has 0 aliphatic rings. The Hall–Kier alpha value is -3.11. The van der Waals surface area contributed by atoms with E-state index in [0.29, 0.717) is 31.1 Å². The first-order valence-electron chi connectivity index (χ1n) is 11.2. The summed E-state index contributed by atoms with van der Waals surface area (Å²) in [6.45, 7) is 8.19. The van der Waals surface area contributed by atoms with Gasteiger partial charge in [-0.1, -0.05) is 49.9 Å². The molecule has 0 unspecified atom stereocenters. The van der Waals surface area contributed by atoms with Crippen LogP contribution in [0, 0.1) is 10.1 Å². The molecule has 0 amide bonds. The highest BCUT2D eigenvalue weighted by atomic mass is 32.2. The highest BCUT2D eigenvalue weighted by Gasteiger charge is 2.29. The minimum absolute atomic E-state index is 0.280. The van der Waals surface area contributed by atoms with Gasteiger partial charge < -0.3 is 14.8 Å². The van der Waals surface area contributed by atoms with Crippen LogP contribution in [0.3, 0.4) is 0 Å². The molecular formula is C25H29N3O5S2. The number of thiazole rings is 1. The first-order valence-corrected chi connectivity index (χ1v) is 12.9. The molecule has 0 atom stereocenters. The molecule has 2 heterocycles. The van der Waals surface area contributed by atoms with E-state index in [2.05, 4.69) is 36.3 Å². The minimum Gasteiger partial charge on any atom is -0.480 e. The third-order valence-electron chi connectivity index (χ3n) is 5.23. The van der Waals surface area contributed by atoms with Crippen molar-refractivity contribution in [2.45, 2.75) is 55.5 Å². The van der Waals surface area contributed by atoms with Crippen molar-refractivity contribution in [3.05, 3.63) is 80.2 Å². The summed E-state index contributed by atoms with van der Waals surface area (Å²) in [6, 6.07) is 11.2. The van der Waals surface area contributed by atoms with Crippen LogP contribution in [0.4, 0.5) is 5.88 Å². The molecule has 3 rings (SSSR count). The fraction of sp³-hybridized carbons (Fsp3) is 0.360. The number of furan rings is 1. The number of rotatable bonds is 12. The van der Waals surface area contributed by atoms with Gasteiger partial charge in [0.05, 0.1) is 11.8 Å². The minimum atomic E-state index is -0.945. The summed E-state index contributed by atoms with van der Waals surface area (Å²) in [4.78, 5) is 26.4. The average molecular weight is 516 g/mol. The molecule has 0 aliphatic carbocycles. The molecular weight excluding hydrogens is 486 g/mol. The molecule has 0 bridgehead atoms. The predicted molar refractivity (Wildman–Crippen MR) is 139 cm³/mol. The molecule has 0 fully saturated rings. The Morgan fingerprint density at radius 3 is 2.77 bits per heavy atom. The summed E-state index contributed by atoms with van der Waals surface area (Å²) in [5.74, 6) is -0.262. The van der Waals surface area contributed by atoms with E-state index in [1.165, 1.54) is 34.7 Å². The van der Waals surface area contributed by atoms with Crippen LogP contribution in [-0.2, 0) is 17.6 Å². The maximum atomic E-state index is 11.4. The Morgan fingerprint density at radius 2 is 2.11 bits per heavy atom. The summed E-state index contributed by atoms with van der Waals surface area (Å²) in [5.41, 5.74) is 4.00. The molecule has 3 aromatic rings. The van der Waals surface area contributed by atoms with E-state index < -0.39 is 15.6 Å². The molecule has 2 N–H and O–H groups in total. The average Bonchev–Trinajstić information content (AvgIpc) is 3.43. The van der Waals surface area contributed by atoms with E-state index >= 15 is 0 Å². The summed E-state index contributed by atoms with van der Waals surface area (Å²) >= 11 is 2.67. The number of allylic oxidation sites excluding steroid dienone is 1. The second-order valence-corrected chi connectivity index (χ2v) is 11.6. The maximum absolute atomic E-state index is 11.4. The van der Waals surface area contributed by atoms with E-state index in [4.69, 9.17) is 4.42 Å². The second kappa shape index (κ2) is 11.5. The molecule has 0 aliphatic heterocycles. The third kappa shape index (κ3) is 7.69. The fourth-order valence-corrected chi connectivity index (χ4v) is 5.41. The van der Waals surface area contributed by atoms with Gasteiger partial charge in [-0.25, -0.2) is 4.98 Å². The largest absolute Gasteiger partial charge is 0.480 e. The molecule has 35 heavy (non-hydrogen) atoms. The SMILES string of the molecule is CC(C)c1cccc(/C=C(\Cc2ccc([N+](=O)[O-])o2)NCCc2csc(SC(C)(C)C(=O)O)n2)c1. The van der Waals surface area contributed by atoms with E-state index in [9.17, 15) is 20.0 Å². The molecule has 1 aromatic carbocycles. The Balaban J connectivity index is 1.71. The number of carboxylic acid groups (broad SMARTS) is 1. The van der Waals surface area contributed by atoms with Gasteiger partial charge >= 0.3 is 11.9 Å². The zero-order chi connectivity index (χ0) is 25.6. The zero-order valence-corrected chi connectivity index (χ0v) is 21.7. The van der Waals surface area contributed by atoms with Crippen molar-refractivity contribution in [1.82, 2.24) is 10.3 Å². The predicted octanol–water partition coefficient (Wildman–Crippen LogP) is 6.14. The molecule has 0 radical (unpaired) electrons. The van der Waals surface area contributed by atoms with Crippen molar-refractivity contribution in [1.29, 1.82) is 0 Å². The van der Waals surface area contributed by atoms with Crippen LogP contribution in [0.1, 0.15) is 56.2 Å². The number of aromatic nitrogens is 1. The molecule has 0 saturated carbocycles. The van der Waals surface area contributed by atoms with Gasteiger partial charge in [-0.2, -0.15) is 0 Å². The molecule has 2 aromatic heterocycles. The van der Waals surface area contributed by atoms with E-state index in [-0.39, 0.29) is 5.88 Å². The first-order chi connectivity index (χ1) is 16.5. The fourth-order valence-electron chi connectivity index (χ4n) is 3.18. The first kappa shape index (κ1) is 26.5. The molecule has 8 nitrogen and oxygen atoms in total. The lowest BCUT2D eigenvalue weighted by molar-refractivity contribution is -0.402. The number of nitrogens with one attached hydrogen (secondary N) is 1. The van der Waals surface area contributed by atoms with Crippen LogP contribution < -0.4 is 5.32 Å². The smallest absolute Gasteiger partial charge is 0.433 e. The van der Waals surface area contributed by atoms with Crippen molar-refractivity contribution in [2.24, 2.45) is 0 Å². The van der Waals surface area contributed by atoms with Gasteiger partial charge in [0.15, 0.2) is 4.34 Å². The van der Waals surface area contributed by atoms with Gasteiger partial charge in [0.1, 0.15) is 15.4 Å². The van der Waals surface area contributed by atoms with E-state index in [1.54, 1.807) is 19.9 Å². The summed E-state index contributed by atoms with van der Waals surface area (Å²) < 4.78 is 5.14. The number of nitrogens with zero attached hydrogens (tertiary/aromatic N) is 2. The van der Waals surface area contributed by atoms with Crippen LogP contribution in [0.5, 0.6) is 0 Å². The van der Waals surface area contributed by atoms with Gasteiger partial charge in [-0.15, -0.1) is 11.3 Å². The van der Waals surface area contributed by atoms with Crippen molar-refractivity contribution in [3.63, 3.8) is 0 Å². The van der Waals surface area contributed by atoms with Gasteiger partial charge in [-0.05, 0) is 43.0 Å². The van der Waals surface area contributed by atoms with Crippen molar-refractivity contribution < 1.29 is 19.2 Å². The Labute approximate surface area is 212 Å². The summed E-state index contributed by atoms with van der Waals surface area (Å²) in [5, 5.41) is 25.7. The number of carboxylic acids is 1. The Kier molecular flexibility index (Phi) is 8.74. The molecule has 0 spiro atoms. The van der Waals surface area contributed by atoms with Crippen LogP contribution in [-0.4, -0.2) is 32.3 Å². The van der Waals surface area contributed by atoms with E-state index in [0.717, 1.165) is 21.3 Å². The number of nitro groups is 1. The normalized spacial score (nSPS) is 12.2. The number of benzene rings is 1. The van der Waals surface area contributed by atoms with Crippen LogP contribution in [0.25, 0.3) is 6.08 Å². The monoisotopic (exact) mass is 515 g/mol. The van der Waals surface area contributed by atoms with Gasteiger partial charge in [-0.3, -0.25) is 14.9 Å². The molecule has 186 valence electrons. The summed E-state index contributed by atoms with van der Waals surface area (Å²) in [6.07, 6.45) is 3.05. The van der Waals surface area contributed by atoms with Crippen molar-refractivity contribution >= 4 is 41.0 Å². The van der Waals surface area contributed by atoms with Gasteiger partial charge in [0, 0.05) is 30.5 Å². The number of thioether (sulfide) groups is 1. The quantitative estimate of drug-likeness (QED) is 0.168. The Morgan fingerprint density at radius 1 is 1.34 bits per heavy atom. The van der Waals surface area contributed by atoms with Crippen LogP contribution >= 0.6 is 23.1 Å². The lowest BCUT2D eigenvalue weighted by Crippen LogP contribution is -2.26. The van der Waals surface area contributed by atoms with E-state index in [1.807, 2.05) is 23.6 Å². The highest BCUT2D eigenvalue weighted by molar-refractivity contribution is 8.03. The summed E-state index contributed by atoms with van der Waals surface area (Å²) in [7, 11) is 0. The number of hydrogen-bond acceptors (Lipinski definition) is 8. The second-order valence-electron chi connectivity index (χ2n) is 8.87. The van der Waals surface area contributed by atoms with Gasteiger partial charge in [0.2, 0.25) is 0 Å². The van der Waals surface area contributed by atoms with Crippen molar-refractivity contribution in [2.75, 3.05) is 6.54 Å². The number of hydrogen-bond donors (Lipinski definition) is 2. The Bertz CT molecular complexity index is 1210. The lowest BCUT2D eigenvalue weighted by atomic mass is 10.0. The number of aliphatic carboxylic acids is 1. The number of carbonyl (C=O) groups is 1. The van der Waals surface area contributed by atoms with Crippen LogP contribution in [0.2, 0.25) is 0 Å². The topological polar surface area (TPSA) is 118 Å². The molecule has 10 heteroatoms. The maximum Gasteiger partial charge on any atom is 0.433 e. The van der Waals surface area contributed by atoms with Crippen molar-refractivity contribution in [3.8, 4) is 0 Å². The van der Waals surface area contributed by atoms with Gasteiger partial charge in [0.25, 0.3) is 0 Å². The van der Waals surface area contributed by atoms with Crippen LogP contribution in [0.15, 0.2) is 56.2 Å². The molecule has 0 saturated heterocycles. The zero-order valence-electron chi connectivity index (χ0n) is 20.1. The highest BCUT2D eigenvalue weighted by Crippen LogP contribution is 2.34. The standard InChI is InChI=1S/C25H29N3O5S2/c1-16(2)18-7-5-6-17(12-18)13-20(14-21-8-9-22(33-21)28(31)32)26-11-10-19-15-34-24(27-19)35-25(3,4)23(29)30/h5-9,12-13,15-16,26H,10-11,14H2,1-4H3,(H,29,30)/b20-13+.